The van der Waals surface area contributed by atoms with Gasteiger partial charge in [0.1, 0.15) is 14.7 Å². The summed E-state index contributed by atoms with van der Waals surface area (Å²) in [6.45, 7) is 5.99. The highest BCUT2D eigenvalue weighted by atomic mass is 32.1. The number of amides is 2. The Bertz CT molecular complexity index is 1350. The summed E-state index contributed by atoms with van der Waals surface area (Å²) in [7, 11) is 0. The molecule has 0 saturated carbocycles. The van der Waals surface area contributed by atoms with Crippen molar-refractivity contribution in [2.75, 3.05) is 5.32 Å². The fourth-order valence-corrected chi connectivity index (χ4v) is 5.11. The van der Waals surface area contributed by atoms with Crippen LogP contribution in [0, 0.1) is 13.8 Å². The van der Waals surface area contributed by atoms with Gasteiger partial charge in [0.15, 0.2) is 6.10 Å². The van der Waals surface area contributed by atoms with Gasteiger partial charge in [-0.05, 0) is 43.8 Å². The normalized spacial score (nSPS) is 12.0. The van der Waals surface area contributed by atoms with Crippen molar-refractivity contribution >= 4 is 55.7 Å². The summed E-state index contributed by atoms with van der Waals surface area (Å²) in [5.74, 6) is -1.78. The number of anilines is 1. The molecular formula is C23H22N4O4S2. The number of benzene rings is 1. The minimum absolute atomic E-state index is 0.213. The van der Waals surface area contributed by atoms with E-state index in [1.165, 1.54) is 41.2 Å². The molecular weight excluding hydrogens is 460 g/mol. The van der Waals surface area contributed by atoms with Crippen LogP contribution in [0.3, 0.4) is 0 Å². The number of aryl methyl sites for hydroxylation is 2. The number of nitrogens with two attached hydrogens (primary N) is 1. The van der Waals surface area contributed by atoms with Crippen LogP contribution in [-0.4, -0.2) is 33.7 Å². The van der Waals surface area contributed by atoms with Crippen molar-refractivity contribution < 1.29 is 19.1 Å². The fraction of sp³-hybridized carbons (Fsp3) is 0.217. The SMILES string of the molecule is Cc1ccc(Cn2nc(C)c3cc(C(=O)OC(C)C(=O)Nc4sccc4C(N)=O)sc32)cc1. The third-order valence-corrected chi connectivity index (χ3v) is 7.04. The van der Waals surface area contributed by atoms with Crippen LogP contribution in [0.5, 0.6) is 0 Å². The third kappa shape index (κ3) is 4.81. The molecule has 0 aliphatic rings. The van der Waals surface area contributed by atoms with E-state index in [0.29, 0.717) is 16.4 Å². The molecule has 170 valence electrons. The van der Waals surface area contributed by atoms with Crippen molar-refractivity contribution in [3.63, 3.8) is 0 Å². The second-order valence-corrected chi connectivity index (χ2v) is 9.57. The highest BCUT2D eigenvalue weighted by Crippen LogP contribution is 2.30. The predicted octanol–water partition coefficient (Wildman–Crippen LogP) is 4.11. The Kier molecular flexibility index (Phi) is 6.30. The molecule has 3 aromatic heterocycles. The molecule has 2 amide bonds. The number of nitrogens with zero attached hydrogens (tertiary/aromatic N) is 2. The van der Waals surface area contributed by atoms with E-state index in [0.717, 1.165) is 21.5 Å². The molecule has 1 unspecified atom stereocenters. The summed E-state index contributed by atoms with van der Waals surface area (Å²) in [4.78, 5) is 37.9. The standard InChI is InChI=1S/C23H22N4O4S2/c1-12-4-6-15(7-5-12)11-27-22-17(13(2)26-27)10-18(33-22)23(30)31-14(3)20(29)25-21-16(19(24)28)8-9-32-21/h4-10,14H,11H2,1-3H3,(H2,24,28)(H,25,29). The zero-order chi connectivity index (χ0) is 23.7. The number of carbonyl (C=O) groups is 3. The number of rotatable bonds is 7. The average Bonchev–Trinajstić information content (AvgIpc) is 3.47. The van der Waals surface area contributed by atoms with Crippen molar-refractivity contribution in [2.24, 2.45) is 5.73 Å². The van der Waals surface area contributed by atoms with Crippen LogP contribution < -0.4 is 11.1 Å². The number of thiophene rings is 2. The first kappa shape index (κ1) is 22.7. The third-order valence-electron chi connectivity index (χ3n) is 5.08. The number of primary amides is 1. The number of nitrogens with one attached hydrogen (secondary N) is 1. The van der Waals surface area contributed by atoms with E-state index in [9.17, 15) is 14.4 Å². The summed E-state index contributed by atoms with van der Waals surface area (Å²) in [5, 5.41) is 10.0. The maximum atomic E-state index is 12.7. The van der Waals surface area contributed by atoms with Gasteiger partial charge in [0.05, 0.1) is 17.8 Å². The molecule has 0 fully saturated rings. The average molecular weight is 483 g/mol. The van der Waals surface area contributed by atoms with E-state index in [2.05, 4.69) is 34.7 Å². The van der Waals surface area contributed by atoms with E-state index >= 15 is 0 Å². The monoisotopic (exact) mass is 482 g/mol. The number of hydrogen-bond acceptors (Lipinski definition) is 7. The van der Waals surface area contributed by atoms with Gasteiger partial charge in [-0.3, -0.25) is 14.3 Å². The molecule has 0 aliphatic heterocycles. The summed E-state index contributed by atoms with van der Waals surface area (Å²) in [6, 6.07) is 11.5. The van der Waals surface area contributed by atoms with Crippen LogP contribution in [0.25, 0.3) is 10.2 Å². The van der Waals surface area contributed by atoms with E-state index in [-0.39, 0.29) is 5.56 Å². The summed E-state index contributed by atoms with van der Waals surface area (Å²) in [5.41, 5.74) is 8.62. The number of carbonyl (C=O) groups excluding carboxylic acids is 3. The molecule has 0 aliphatic carbocycles. The molecule has 0 spiro atoms. The van der Waals surface area contributed by atoms with E-state index in [4.69, 9.17) is 10.5 Å². The van der Waals surface area contributed by atoms with Gasteiger partial charge in [-0.1, -0.05) is 29.8 Å². The maximum Gasteiger partial charge on any atom is 0.349 e. The van der Waals surface area contributed by atoms with Gasteiger partial charge in [0.2, 0.25) is 0 Å². The van der Waals surface area contributed by atoms with Crippen LogP contribution in [0.15, 0.2) is 41.8 Å². The molecule has 0 radical (unpaired) electrons. The lowest BCUT2D eigenvalue weighted by atomic mass is 10.1. The first-order valence-electron chi connectivity index (χ1n) is 10.1. The molecule has 1 aromatic carbocycles. The van der Waals surface area contributed by atoms with Crippen LogP contribution in [0.2, 0.25) is 0 Å². The highest BCUT2D eigenvalue weighted by molar-refractivity contribution is 7.20. The van der Waals surface area contributed by atoms with E-state index < -0.39 is 23.9 Å². The highest BCUT2D eigenvalue weighted by Gasteiger charge is 2.24. The minimum atomic E-state index is -1.06. The maximum absolute atomic E-state index is 12.7. The number of ether oxygens (including phenoxy) is 1. The Morgan fingerprint density at radius 2 is 1.91 bits per heavy atom. The first-order valence-corrected chi connectivity index (χ1v) is 11.8. The minimum Gasteiger partial charge on any atom is -0.448 e. The number of hydrogen-bond donors (Lipinski definition) is 2. The van der Waals surface area contributed by atoms with Crippen molar-refractivity contribution in [2.45, 2.75) is 33.4 Å². The van der Waals surface area contributed by atoms with Crippen molar-refractivity contribution in [1.82, 2.24) is 9.78 Å². The second-order valence-electron chi connectivity index (χ2n) is 7.62. The van der Waals surface area contributed by atoms with Crippen LogP contribution in [-0.2, 0) is 16.1 Å². The van der Waals surface area contributed by atoms with Crippen LogP contribution in [0.1, 0.15) is 43.8 Å². The lowest BCUT2D eigenvalue weighted by Crippen LogP contribution is -2.30. The number of fused-ring (bicyclic) bond motifs is 1. The quantitative estimate of drug-likeness (QED) is 0.385. The van der Waals surface area contributed by atoms with Crippen LogP contribution >= 0.6 is 22.7 Å². The Labute approximate surface area is 198 Å². The molecule has 4 rings (SSSR count). The van der Waals surface area contributed by atoms with Gasteiger partial charge >= 0.3 is 5.97 Å². The topological polar surface area (TPSA) is 116 Å². The van der Waals surface area contributed by atoms with Gasteiger partial charge in [0.25, 0.3) is 11.8 Å². The Balaban J connectivity index is 1.47. The second kappa shape index (κ2) is 9.16. The zero-order valence-electron chi connectivity index (χ0n) is 18.2. The van der Waals surface area contributed by atoms with Gasteiger partial charge < -0.3 is 15.8 Å². The molecule has 4 aromatic rings. The summed E-state index contributed by atoms with van der Waals surface area (Å²) >= 11 is 2.44. The molecule has 3 N–H and O–H groups in total. The summed E-state index contributed by atoms with van der Waals surface area (Å²) < 4.78 is 7.25. The molecule has 3 heterocycles. The predicted molar refractivity (Wildman–Crippen MR) is 129 cm³/mol. The largest absolute Gasteiger partial charge is 0.448 e. The molecule has 33 heavy (non-hydrogen) atoms. The Morgan fingerprint density at radius 1 is 1.18 bits per heavy atom. The number of esters is 1. The van der Waals surface area contributed by atoms with Gasteiger partial charge in [-0.2, -0.15) is 5.10 Å². The molecule has 0 bridgehead atoms. The molecule has 8 nitrogen and oxygen atoms in total. The lowest BCUT2D eigenvalue weighted by Gasteiger charge is -2.12. The van der Waals surface area contributed by atoms with Crippen molar-refractivity contribution in [3.05, 3.63) is 69.0 Å². The molecule has 1 atom stereocenters. The molecule has 0 saturated heterocycles. The van der Waals surface area contributed by atoms with E-state index in [1.807, 2.05) is 18.5 Å². The Morgan fingerprint density at radius 3 is 2.61 bits per heavy atom. The van der Waals surface area contributed by atoms with Gasteiger partial charge in [-0.15, -0.1) is 22.7 Å². The number of aromatic nitrogens is 2. The van der Waals surface area contributed by atoms with E-state index in [1.54, 1.807) is 11.4 Å². The zero-order valence-corrected chi connectivity index (χ0v) is 19.9. The molecule has 10 heteroatoms. The van der Waals surface area contributed by atoms with Crippen molar-refractivity contribution in [3.8, 4) is 0 Å². The van der Waals surface area contributed by atoms with Crippen molar-refractivity contribution in [1.29, 1.82) is 0 Å². The van der Waals surface area contributed by atoms with Crippen LogP contribution in [0.4, 0.5) is 5.00 Å². The lowest BCUT2D eigenvalue weighted by molar-refractivity contribution is -0.123. The van der Waals surface area contributed by atoms with Gasteiger partial charge in [-0.25, -0.2) is 4.79 Å². The summed E-state index contributed by atoms with van der Waals surface area (Å²) in [6.07, 6.45) is -1.06. The van der Waals surface area contributed by atoms with Gasteiger partial charge in [0, 0.05) is 5.39 Å². The first-order chi connectivity index (χ1) is 15.7. The Hall–Kier alpha value is -3.50. The smallest absolute Gasteiger partial charge is 0.349 e. The fourth-order valence-electron chi connectivity index (χ4n) is 3.27.